The number of hydrogen-bond donors (Lipinski definition) is 1. The molecule has 0 radical (unpaired) electrons. The summed E-state index contributed by atoms with van der Waals surface area (Å²) in [6, 6.07) is 12.6. The van der Waals surface area contributed by atoms with Gasteiger partial charge in [0.05, 0.1) is 18.6 Å². The number of thiazole rings is 2. The average molecular weight is 588 g/mol. The van der Waals surface area contributed by atoms with E-state index in [1.807, 2.05) is 19.1 Å². The van der Waals surface area contributed by atoms with E-state index < -0.39 is 0 Å². The number of anilines is 1. The molecule has 0 spiro atoms. The Bertz CT molecular complexity index is 1730. The zero-order valence-electron chi connectivity index (χ0n) is 19.4. The van der Waals surface area contributed by atoms with E-state index in [1.54, 1.807) is 53.6 Å². The lowest BCUT2D eigenvalue weighted by Crippen LogP contribution is -2.22. The maximum absolute atomic E-state index is 13.8. The maximum Gasteiger partial charge on any atom is 0.278 e. The predicted molar refractivity (Wildman–Crippen MR) is 153 cm³/mol. The molecule has 188 valence electrons. The first-order chi connectivity index (χ1) is 17.9. The molecule has 0 atom stereocenters. The van der Waals surface area contributed by atoms with Crippen molar-refractivity contribution in [1.82, 2.24) is 19.1 Å². The Morgan fingerprint density at radius 1 is 1.19 bits per heavy atom. The van der Waals surface area contributed by atoms with Crippen LogP contribution < -0.4 is 15.6 Å². The molecule has 1 amide bonds. The van der Waals surface area contributed by atoms with E-state index in [0.717, 1.165) is 23.0 Å². The third-order valence-electron chi connectivity index (χ3n) is 5.32. The third-order valence-corrected chi connectivity index (χ3v) is 8.72. The van der Waals surface area contributed by atoms with Crippen LogP contribution >= 0.6 is 58.3 Å². The number of aromatic nitrogens is 4. The molecule has 8 nitrogen and oxygen atoms in total. The van der Waals surface area contributed by atoms with Crippen LogP contribution in [0.3, 0.4) is 0 Å². The maximum atomic E-state index is 13.8. The highest BCUT2D eigenvalue weighted by molar-refractivity contribution is 7.99. The summed E-state index contributed by atoms with van der Waals surface area (Å²) >= 11 is 15.5. The number of halogens is 1. The minimum atomic E-state index is -0.279. The van der Waals surface area contributed by atoms with E-state index in [4.69, 9.17) is 33.5 Å². The Morgan fingerprint density at radius 3 is 2.62 bits per heavy atom. The molecule has 1 N–H and O–H groups in total. The van der Waals surface area contributed by atoms with Crippen LogP contribution in [0.25, 0.3) is 21.7 Å². The molecule has 0 saturated heterocycles. The van der Waals surface area contributed by atoms with Gasteiger partial charge in [0.15, 0.2) is 19.9 Å². The van der Waals surface area contributed by atoms with Gasteiger partial charge in [-0.2, -0.15) is 0 Å². The molecule has 3 aromatic heterocycles. The molecule has 0 fully saturated rings. The first-order valence-electron chi connectivity index (χ1n) is 10.8. The molecule has 3 heterocycles. The van der Waals surface area contributed by atoms with Gasteiger partial charge in [0.25, 0.3) is 5.56 Å². The van der Waals surface area contributed by atoms with Gasteiger partial charge in [-0.1, -0.05) is 34.7 Å². The average Bonchev–Trinajstić information content (AvgIpc) is 3.52. The van der Waals surface area contributed by atoms with Crippen molar-refractivity contribution in [3.05, 3.63) is 78.9 Å². The molecule has 5 aromatic rings. The lowest BCUT2D eigenvalue weighted by Gasteiger charge is -2.13. The first-order valence-corrected chi connectivity index (χ1v) is 14.2. The van der Waals surface area contributed by atoms with Crippen molar-refractivity contribution in [2.24, 2.45) is 0 Å². The molecule has 0 bridgehead atoms. The van der Waals surface area contributed by atoms with Gasteiger partial charge in [0.2, 0.25) is 5.91 Å². The number of benzene rings is 2. The van der Waals surface area contributed by atoms with Crippen LogP contribution in [0, 0.1) is 10.9 Å². The van der Waals surface area contributed by atoms with Gasteiger partial charge in [-0.05, 0) is 67.2 Å². The van der Waals surface area contributed by atoms with Gasteiger partial charge in [-0.25, -0.2) is 9.97 Å². The number of nitrogens with zero attached hydrogens (tertiary/aromatic N) is 4. The van der Waals surface area contributed by atoms with Crippen LogP contribution in [0.15, 0.2) is 64.0 Å². The van der Waals surface area contributed by atoms with Crippen molar-refractivity contribution in [3.63, 3.8) is 0 Å². The summed E-state index contributed by atoms with van der Waals surface area (Å²) in [7, 11) is 1.57. The number of methoxy groups -OCH3 is 1. The van der Waals surface area contributed by atoms with Crippen LogP contribution in [0.5, 0.6) is 5.75 Å². The van der Waals surface area contributed by atoms with Crippen LogP contribution in [0.1, 0.15) is 5.56 Å². The molecular formula is C24H18ClN5O3S4. The monoisotopic (exact) mass is 587 g/mol. The van der Waals surface area contributed by atoms with Gasteiger partial charge in [-0.3, -0.25) is 18.7 Å². The summed E-state index contributed by atoms with van der Waals surface area (Å²) in [5.41, 5.74) is 2.37. The highest BCUT2D eigenvalue weighted by Crippen LogP contribution is 2.29. The van der Waals surface area contributed by atoms with Crippen molar-refractivity contribution in [2.75, 3.05) is 18.2 Å². The van der Waals surface area contributed by atoms with Crippen LogP contribution in [-0.2, 0) is 4.79 Å². The second-order valence-electron chi connectivity index (χ2n) is 7.70. The standard InChI is InChI=1S/C24H18ClN5O3S4/c1-13-11-15(5-8-17(13)25)29-20-19(37-24(29)34)21(32)30(14-3-6-16(33-2)7-4-14)23(28-20)36-12-18(31)27-22-26-9-10-35-22/h3-11H,12H2,1-2H3,(H,26,27,31). The van der Waals surface area contributed by atoms with Gasteiger partial charge < -0.3 is 10.1 Å². The van der Waals surface area contributed by atoms with Gasteiger partial charge in [0, 0.05) is 22.3 Å². The Balaban J connectivity index is 1.64. The number of carbonyl (C=O) groups excluding carboxylic acids is 1. The summed E-state index contributed by atoms with van der Waals surface area (Å²) in [4.78, 5) is 35.3. The Kier molecular flexibility index (Phi) is 7.45. The van der Waals surface area contributed by atoms with Crippen molar-refractivity contribution in [3.8, 4) is 17.1 Å². The number of aryl methyl sites for hydroxylation is 1. The molecule has 0 aliphatic rings. The Labute approximate surface area is 233 Å². The second-order valence-corrected chi connectivity index (χ2v) is 11.6. The van der Waals surface area contributed by atoms with Gasteiger partial charge in [0.1, 0.15) is 10.4 Å². The summed E-state index contributed by atoms with van der Waals surface area (Å²) in [5.74, 6) is 0.423. The van der Waals surface area contributed by atoms with E-state index in [0.29, 0.717) is 41.0 Å². The normalized spacial score (nSPS) is 11.1. The van der Waals surface area contributed by atoms with Gasteiger partial charge >= 0.3 is 0 Å². The molecule has 37 heavy (non-hydrogen) atoms. The predicted octanol–water partition coefficient (Wildman–Crippen LogP) is 6.13. The van der Waals surface area contributed by atoms with Crippen LogP contribution in [0.2, 0.25) is 5.02 Å². The summed E-state index contributed by atoms with van der Waals surface area (Å²) < 4.78 is 9.40. The zero-order chi connectivity index (χ0) is 26.1. The molecular weight excluding hydrogens is 570 g/mol. The number of amides is 1. The fourth-order valence-corrected chi connectivity index (χ4v) is 6.33. The lowest BCUT2D eigenvalue weighted by atomic mass is 10.2. The van der Waals surface area contributed by atoms with E-state index >= 15 is 0 Å². The zero-order valence-corrected chi connectivity index (χ0v) is 23.4. The number of carbonyl (C=O) groups is 1. The summed E-state index contributed by atoms with van der Waals surface area (Å²) in [6.45, 7) is 1.90. The summed E-state index contributed by atoms with van der Waals surface area (Å²) in [6.07, 6.45) is 1.62. The molecule has 13 heteroatoms. The smallest absolute Gasteiger partial charge is 0.278 e. The number of nitrogens with one attached hydrogen (secondary N) is 1. The number of rotatable bonds is 7. The van der Waals surface area contributed by atoms with E-state index in [-0.39, 0.29) is 17.2 Å². The number of hydrogen-bond acceptors (Lipinski definition) is 9. The second kappa shape index (κ2) is 10.8. The molecule has 0 unspecified atom stereocenters. The third kappa shape index (κ3) is 5.20. The molecule has 5 rings (SSSR count). The topological polar surface area (TPSA) is 91.0 Å². The minimum Gasteiger partial charge on any atom is -0.497 e. The lowest BCUT2D eigenvalue weighted by molar-refractivity contribution is -0.113. The van der Waals surface area contributed by atoms with Crippen LogP contribution in [0.4, 0.5) is 5.13 Å². The number of thioether (sulfide) groups is 1. The Morgan fingerprint density at radius 2 is 1.95 bits per heavy atom. The highest BCUT2D eigenvalue weighted by Gasteiger charge is 2.20. The number of ether oxygens (including phenoxy) is 1. The van der Waals surface area contributed by atoms with Gasteiger partial charge in [-0.15, -0.1) is 11.3 Å². The fourth-order valence-electron chi connectivity index (χ4n) is 3.56. The van der Waals surface area contributed by atoms with E-state index in [1.165, 1.54) is 27.2 Å². The minimum absolute atomic E-state index is 0.0264. The Hall–Kier alpha value is -3.03. The largest absolute Gasteiger partial charge is 0.497 e. The SMILES string of the molecule is COc1ccc(-n2c(SCC(=O)Nc3nccs3)nc3c(sc(=S)n3-c3ccc(Cl)c(C)c3)c2=O)cc1. The van der Waals surface area contributed by atoms with Crippen molar-refractivity contribution < 1.29 is 9.53 Å². The van der Waals surface area contributed by atoms with Crippen LogP contribution in [-0.4, -0.2) is 37.9 Å². The molecule has 2 aromatic carbocycles. The van der Waals surface area contributed by atoms with E-state index in [2.05, 4.69) is 10.3 Å². The molecule has 0 saturated carbocycles. The van der Waals surface area contributed by atoms with Crippen molar-refractivity contribution in [1.29, 1.82) is 0 Å². The summed E-state index contributed by atoms with van der Waals surface area (Å²) in [5, 5.41) is 6.02. The van der Waals surface area contributed by atoms with E-state index in [9.17, 15) is 9.59 Å². The quantitative estimate of drug-likeness (QED) is 0.139. The van der Waals surface area contributed by atoms with Crippen molar-refractivity contribution in [2.45, 2.75) is 12.1 Å². The van der Waals surface area contributed by atoms with Crippen molar-refractivity contribution >= 4 is 79.6 Å². The highest BCUT2D eigenvalue weighted by atomic mass is 35.5. The fraction of sp³-hybridized carbons (Fsp3) is 0.125. The first kappa shape index (κ1) is 25.6. The molecule has 0 aliphatic heterocycles. The molecule has 0 aliphatic carbocycles. The number of fused-ring (bicyclic) bond motifs is 1.